The molecule has 4 rings (SSSR count). The zero-order valence-electron chi connectivity index (χ0n) is 24.2. The molecule has 0 spiro atoms. The van der Waals surface area contributed by atoms with Crippen LogP contribution in [-0.4, -0.2) is 52.0 Å². The maximum atomic E-state index is 12.2. The van der Waals surface area contributed by atoms with Gasteiger partial charge in [-0.3, -0.25) is 5.26 Å². The normalized spacial score (nSPS) is 50.3. The Morgan fingerprint density at radius 3 is 2.14 bits per heavy atom. The minimum atomic E-state index is -0.980. The molecule has 10 unspecified atom stereocenters. The molecule has 5 N–H and O–H groups in total. The van der Waals surface area contributed by atoms with Crippen LogP contribution in [0.4, 0.5) is 0 Å². The molecule has 0 aromatic rings. The van der Waals surface area contributed by atoms with E-state index in [-0.39, 0.29) is 90.1 Å². The predicted molar refractivity (Wildman–Crippen MR) is 137 cm³/mol. The molecule has 205 valence electrons. The fourth-order valence-electron chi connectivity index (χ4n) is 9.80. The first-order chi connectivity index (χ1) is 16.0. The molecule has 0 aromatic carbocycles. The van der Waals surface area contributed by atoms with Crippen molar-refractivity contribution in [1.29, 1.82) is 0 Å². The Bertz CT molecular complexity index is 878. The van der Waals surface area contributed by atoms with Gasteiger partial charge in [0.1, 0.15) is 11.7 Å². The SMILES string of the molecule is CC1=C2C(C)C(C)[C@]3(C)C(C)CC4OC[C@@]4(O)C3C(C)C(C)(CC1[C@@H](OO)C(O)C(C)N)C2(C)C.[Ac]. The topological polar surface area (TPSA) is 105 Å². The van der Waals surface area contributed by atoms with Gasteiger partial charge in [-0.2, -0.15) is 0 Å². The number of ether oxygens (including phenoxy) is 1. The van der Waals surface area contributed by atoms with Crippen LogP contribution in [-0.2, 0) is 9.62 Å². The van der Waals surface area contributed by atoms with Gasteiger partial charge in [0, 0.05) is 61.9 Å². The third kappa shape index (κ3) is 3.95. The van der Waals surface area contributed by atoms with Crippen molar-refractivity contribution < 1.29 is 69.2 Å². The fourth-order valence-corrected chi connectivity index (χ4v) is 9.80. The summed E-state index contributed by atoms with van der Waals surface area (Å²) in [7, 11) is 0. The van der Waals surface area contributed by atoms with E-state index in [9.17, 15) is 15.5 Å². The average molecular weight is 721 g/mol. The maximum absolute atomic E-state index is 12.2. The van der Waals surface area contributed by atoms with Crippen LogP contribution >= 0.6 is 0 Å². The van der Waals surface area contributed by atoms with Crippen molar-refractivity contribution in [3.63, 3.8) is 0 Å². The van der Waals surface area contributed by atoms with Crippen LogP contribution < -0.4 is 5.73 Å². The second-order valence-electron chi connectivity index (χ2n) is 14.0. The molecule has 1 heterocycles. The van der Waals surface area contributed by atoms with Gasteiger partial charge in [0.05, 0.1) is 18.8 Å². The maximum Gasteiger partial charge on any atom is 0.126 e. The molecule has 13 atom stereocenters. The second-order valence-corrected chi connectivity index (χ2v) is 14.0. The number of rotatable bonds is 4. The van der Waals surface area contributed by atoms with E-state index in [0.717, 1.165) is 12.8 Å². The molecule has 36 heavy (non-hydrogen) atoms. The molecule has 3 aliphatic carbocycles. The summed E-state index contributed by atoms with van der Waals surface area (Å²) in [5.41, 5.74) is 7.47. The zero-order valence-corrected chi connectivity index (χ0v) is 29.0. The van der Waals surface area contributed by atoms with E-state index in [0.29, 0.717) is 18.4 Å². The summed E-state index contributed by atoms with van der Waals surface area (Å²) in [5, 5.41) is 33.1. The van der Waals surface area contributed by atoms with E-state index in [2.05, 4.69) is 62.3 Å². The first-order valence-corrected chi connectivity index (χ1v) is 13.8. The van der Waals surface area contributed by atoms with Gasteiger partial charge >= 0.3 is 0 Å². The number of nitrogens with two attached hydrogens (primary N) is 1. The average Bonchev–Trinajstić information content (AvgIpc) is 2.77. The quantitative estimate of drug-likeness (QED) is 0.192. The molecule has 1 saturated heterocycles. The van der Waals surface area contributed by atoms with Crippen molar-refractivity contribution in [2.45, 2.75) is 112 Å². The number of fused-ring (bicyclic) bond motifs is 5. The summed E-state index contributed by atoms with van der Waals surface area (Å²) in [5.74, 6) is 1.10. The van der Waals surface area contributed by atoms with Gasteiger partial charge in [0.15, 0.2) is 0 Å². The van der Waals surface area contributed by atoms with Crippen LogP contribution in [0, 0.1) is 95.8 Å². The summed E-state index contributed by atoms with van der Waals surface area (Å²) >= 11 is 0. The van der Waals surface area contributed by atoms with Gasteiger partial charge in [-0.15, -0.1) is 0 Å². The first-order valence-electron chi connectivity index (χ1n) is 13.8. The van der Waals surface area contributed by atoms with Crippen LogP contribution in [0.1, 0.15) is 82.1 Å². The fraction of sp³-hybridized carbons (Fsp3) is 0.931. The van der Waals surface area contributed by atoms with Gasteiger partial charge in [-0.05, 0) is 66.6 Å². The van der Waals surface area contributed by atoms with Gasteiger partial charge in [0.25, 0.3) is 0 Å². The van der Waals surface area contributed by atoms with Crippen molar-refractivity contribution in [2.75, 3.05) is 6.61 Å². The third-order valence-corrected chi connectivity index (χ3v) is 12.7. The summed E-state index contributed by atoms with van der Waals surface area (Å²) in [6.07, 6.45) is -0.235. The van der Waals surface area contributed by atoms with Crippen molar-refractivity contribution in [1.82, 2.24) is 0 Å². The molecule has 0 amide bonds. The molecule has 1 aliphatic heterocycles. The minimum absolute atomic E-state index is 0. The molecular formula is C29H51AcNO5. The van der Waals surface area contributed by atoms with Gasteiger partial charge in [-0.25, -0.2) is 4.89 Å². The van der Waals surface area contributed by atoms with Crippen molar-refractivity contribution in [2.24, 2.45) is 57.5 Å². The van der Waals surface area contributed by atoms with Crippen LogP contribution in [0.15, 0.2) is 11.1 Å². The van der Waals surface area contributed by atoms with Crippen molar-refractivity contribution >= 4 is 0 Å². The molecule has 2 saturated carbocycles. The van der Waals surface area contributed by atoms with Gasteiger partial charge in [-0.1, -0.05) is 66.5 Å². The number of aliphatic hydroxyl groups excluding tert-OH is 1. The molecule has 3 fully saturated rings. The van der Waals surface area contributed by atoms with Gasteiger partial charge < -0.3 is 20.7 Å². The molecule has 1 radical (unpaired) electrons. The van der Waals surface area contributed by atoms with E-state index in [1.165, 1.54) is 11.1 Å². The molecular weight excluding hydrogens is 669 g/mol. The Labute approximate surface area is 254 Å². The number of hydrogen-bond acceptors (Lipinski definition) is 6. The molecule has 4 aliphatic rings. The van der Waals surface area contributed by atoms with Crippen molar-refractivity contribution in [3.8, 4) is 0 Å². The van der Waals surface area contributed by atoms with Crippen LogP contribution in [0.2, 0.25) is 0 Å². The standard InChI is InChI=1S/C29H51NO5.Ac/c1-14-11-21-29(32,13-34-21)25-18(5)27(9)12-20(24(35-33)23(31)19(6)30)16(3)22(26(27,7)8)15(2)17(4)28(14,25)10;/h14-15,17-21,23-25,31-33H,11-13,30H2,1-10H3;/t14?,15?,17?,18?,19?,20?,21?,23?,24-,25?,27?,28+,29+;/m1./s1. The molecule has 2 bridgehead atoms. The van der Waals surface area contributed by atoms with E-state index in [1.54, 1.807) is 6.92 Å². The summed E-state index contributed by atoms with van der Waals surface area (Å²) in [6, 6.07) is -0.526. The number of hydrogen-bond donors (Lipinski definition) is 4. The van der Waals surface area contributed by atoms with Crippen LogP contribution in [0.3, 0.4) is 0 Å². The smallest absolute Gasteiger partial charge is 0.126 e. The number of aliphatic hydroxyl groups is 2. The largest absolute Gasteiger partial charge is 0.389 e. The Hall–Kier alpha value is 0.942. The van der Waals surface area contributed by atoms with Crippen LogP contribution in [0.25, 0.3) is 0 Å². The Morgan fingerprint density at radius 1 is 1.08 bits per heavy atom. The predicted octanol–water partition coefficient (Wildman–Crippen LogP) is 4.64. The zero-order chi connectivity index (χ0) is 26.5. The third-order valence-electron chi connectivity index (χ3n) is 12.7. The number of allylic oxidation sites excluding steroid dienone is 1. The molecule has 6 nitrogen and oxygen atoms in total. The second kappa shape index (κ2) is 10.1. The van der Waals surface area contributed by atoms with E-state index < -0.39 is 23.9 Å². The molecule has 7 heteroatoms. The van der Waals surface area contributed by atoms with E-state index in [4.69, 9.17) is 15.4 Å². The van der Waals surface area contributed by atoms with Gasteiger partial charge in [0.2, 0.25) is 0 Å². The Balaban J connectivity index is 0.00000361. The van der Waals surface area contributed by atoms with Crippen LogP contribution in [0.5, 0.6) is 0 Å². The minimum Gasteiger partial charge on any atom is -0.389 e. The summed E-state index contributed by atoms with van der Waals surface area (Å²) < 4.78 is 5.97. The summed E-state index contributed by atoms with van der Waals surface area (Å²) in [4.78, 5) is 5.01. The Morgan fingerprint density at radius 2 is 1.67 bits per heavy atom. The monoisotopic (exact) mass is 720 g/mol. The van der Waals surface area contributed by atoms with Crippen molar-refractivity contribution in [3.05, 3.63) is 11.1 Å². The summed E-state index contributed by atoms with van der Waals surface area (Å²) in [6.45, 7) is 23.3. The van der Waals surface area contributed by atoms with E-state index in [1.807, 2.05) is 0 Å². The van der Waals surface area contributed by atoms with E-state index >= 15 is 0 Å². The Kier molecular flexibility index (Phi) is 8.82. The first kappa shape index (κ1) is 31.5. The molecule has 0 aromatic heterocycles.